The molecule has 0 atom stereocenters. The molecule has 2 N–H and O–H groups in total. The van der Waals surface area contributed by atoms with Crippen LogP contribution in [0.3, 0.4) is 0 Å². The van der Waals surface area contributed by atoms with E-state index in [1.54, 1.807) is 6.07 Å². The molecule has 0 saturated heterocycles. The van der Waals surface area contributed by atoms with Crippen LogP contribution >= 0.6 is 34.5 Å². The highest BCUT2D eigenvalue weighted by molar-refractivity contribution is 7.18. The summed E-state index contributed by atoms with van der Waals surface area (Å²) >= 11 is 13.1. The first kappa shape index (κ1) is 13.3. The molecule has 6 nitrogen and oxygen atoms in total. The minimum absolute atomic E-state index is 0.285. The van der Waals surface area contributed by atoms with Gasteiger partial charge < -0.3 is 10.3 Å². The lowest BCUT2D eigenvalue weighted by molar-refractivity contribution is 0.432. The minimum atomic E-state index is 0.285. The highest BCUT2D eigenvalue weighted by Crippen LogP contribution is 2.32. The number of pyridine rings is 1. The Morgan fingerprint density at radius 3 is 2.75 bits per heavy atom. The molecule has 0 unspecified atom stereocenters. The molecule has 0 aliphatic rings. The number of aryl methyl sites for hydroxylation is 1. The van der Waals surface area contributed by atoms with Gasteiger partial charge in [-0.1, -0.05) is 39.7 Å². The monoisotopic (exact) mass is 327 g/mol. The molecule has 3 aromatic rings. The van der Waals surface area contributed by atoms with Crippen molar-refractivity contribution in [2.24, 2.45) is 0 Å². The second-order valence-corrected chi connectivity index (χ2v) is 5.75. The van der Waals surface area contributed by atoms with Crippen molar-refractivity contribution in [3.63, 3.8) is 0 Å². The second kappa shape index (κ2) is 5.01. The van der Waals surface area contributed by atoms with E-state index in [9.17, 15) is 0 Å². The third-order valence-corrected chi connectivity index (χ3v) is 3.92. The number of nitrogen functional groups attached to an aromatic ring is 1. The van der Waals surface area contributed by atoms with Crippen molar-refractivity contribution in [3.05, 3.63) is 28.0 Å². The molecule has 0 spiro atoms. The van der Waals surface area contributed by atoms with Gasteiger partial charge in [-0.25, -0.2) is 9.97 Å². The van der Waals surface area contributed by atoms with E-state index in [1.165, 1.54) is 17.5 Å². The number of nitrogens with two attached hydrogens (primary N) is 1. The van der Waals surface area contributed by atoms with Crippen LogP contribution in [0.1, 0.15) is 5.69 Å². The third kappa shape index (κ3) is 2.35. The number of rotatable bonds is 2. The summed E-state index contributed by atoms with van der Waals surface area (Å²) in [6.45, 7) is 1.82. The number of halogens is 2. The Balaban J connectivity index is 2.04. The predicted octanol–water partition coefficient (Wildman–Crippen LogP) is 3.45. The van der Waals surface area contributed by atoms with Gasteiger partial charge in [0.25, 0.3) is 5.89 Å². The van der Waals surface area contributed by atoms with Gasteiger partial charge in [0, 0.05) is 6.20 Å². The summed E-state index contributed by atoms with van der Waals surface area (Å²) in [4.78, 5) is 13.2. The molecule has 9 heteroatoms. The summed E-state index contributed by atoms with van der Waals surface area (Å²) in [7, 11) is 0. The van der Waals surface area contributed by atoms with E-state index >= 15 is 0 Å². The lowest BCUT2D eigenvalue weighted by Gasteiger charge is -1.97. The molecular weight excluding hydrogens is 321 g/mol. The Kier molecular flexibility index (Phi) is 3.33. The minimum Gasteiger partial charge on any atom is -0.375 e. The highest BCUT2D eigenvalue weighted by Gasteiger charge is 2.18. The maximum Gasteiger partial charge on any atom is 0.270 e. The quantitative estimate of drug-likeness (QED) is 0.775. The topological polar surface area (TPSA) is 90.7 Å². The summed E-state index contributed by atoms with van der Waals surface area (Å²) in [5.74, 6) is 0.618. The zero-order valence-corrected chi connectivity index (χ0v) is 12.4. The Hall–Kier alpha value is -1.70. The van der Waals surface area contributed by atoms with Gasteiger partial charge in [0.05, 0.1) is 15.7 Å². The standard InChI is InChI=1S/C11H7Cl2N5OS/c1-4-8(20-11(14)16-4)10-17-9(18-19-10)7-6(13)2-5(12)3-15-7/h2-3H,1H3,(H2,14,16). The Morgan fingerprint density at radius 2 is 2.10 bits per heavy atom. The van der Waals surface area contributed by atoms with Crippen LogP contribution in [0.4, 0.5) is 5.13 Å². The van der Waals surface area contributed by atoms with E-state index in [0.29, 0.717) is 26.8 Å². The first-order chi connectivity index (χ1) is 9.54. The summed E-state index contributed by atoms with van der Waals surface area (Å²) in [6.07, 6.45) is 1.47. The SMILES string of the molecule is Cc1nc(N)sc1-c1nc(-c2ncc(Cl)cc2Cl)no1. The molecule has 102 valence electrons. The maximum atomic E-state index is 6.06. The van der Waals surface area contributed by atoms with Gasteiger partial charge in [-0.3, -0.25) is 0 Å². The first-order valence-electron chi connectivity index (χ1n) is 5.43. The fraction of sp³-hybridized carbons (Fsp3) is 0.0909. The number of hydrogen-bond donors (Lipinski definition) is 1. The van der Waals surface area contributed by atoms with Gasteiger partial charge in [-0.05, 0) is 13.0 Å². The van der Waals surface area contributed by atoms with Crippen LogP contribution in [0.25, 0.3) is 22.3 Å². The second-order valence-electron chi connectivity index (χ2n) is 3.87. The van der Waals surface area contributed by atoms with Crippen molar-refractivity contribution in [2.45, 2.75) is 6.92 Å². The molecule has 0 aliphatic heterocycles. The van der Waals surface area contributed by atoms with Crippen molar-refractivity contribution in [1.82, 2.24) is 20.1 Å². The first-order valence-corrected chi connectivity index (χ1v) is 7.00. The zero-order chi connectivity index (χ0) is 14.3. The van der Waals surface area contributed by atoms with Crippen molar-refractivity contribution in [2.75, 3.05) is 5.73 Å². The summed E-state index contributed by atoms with van der Waals surface area (Å²) in [6, 6.07) is 1.57. The summed E-state index contributed by atoms with van der Waals surface area (Å²) < 4.78 is 5.21. The van der Waals surface area contributed by atoms with Crippen LogP contribution in [-0.2, 0) is 0 Å². The van der Waals surface area contributed by atoms with Gasteiger partial charge in [0.15, 0.2) is 5.13 Å². The van der Waals surface area contributed by atoms with Crippen LogP contribution in [0.15, 0.2) is 16.8 Å². The van der Waals surface area contributed by atoms with Gasteiger partial charge >= 0.3 is 0 Å². The van der Waals surface area contributed by atoms with Gasteiger partial charge in [0.1, 0.15) is 10.6 Å². The molecule has 0 fully saturated rings. The van der Waals surface area contributed by atoms with Crippen LogP contribution in [0, 0.1) is 6.92 Å². The molecule has 0 radical (unpaired) electrons. The van der Waals surface area contributed by atoms with E-state index in [-0.39, 0.29) is 5.82 Å². The van der Waals surface area contributed by atoms with E-state index in [2.05, 4.69) is 20.1 Å². The maximum absolute atomic E-state index is 6.06. The van der Waals surface area contributed by atoms with Crippen molar-refractivity contribution in [1.29, 1.82) is 0 Å². The molecule has 0 amide bonds. The largest absolute Gasteiger partial charge is 0.375 e. The molecule has 3 aromatic heterocycles. The summed E-state index contributed by atoms with van der Waals surface area (Å²) in [5, 5.41) is 5.10. The van der Waals surface area contributed by atoms with E-state index in [4.69, 9.17) is 33.5 Å². The van der Waals surface area contributed by atoms with Crippen molar-refractivity contribution in [3.8, 4) is 22.3 Å². The summed E-state index contributed by atoms with van der Waals surface area (Å²) in [5.41, 5.74) is 6.78. The van der Waals surface area contributed by atoms with E-state index < -0.39 is 0 Å². The number of aromatic nitrogens is 4. The average molecular weight is 328 g/mol. The van der Waals surface area contributed by atoms with Gasteiger partial charge in [0.2, 0.25) is 5.82 Å². The van der Waals surface area contributed by atoms with Crippen LogP contribution in [0.5, 0.6) is 0 Å². The zero-order valence-electron chi connectivity index (χ0n) is 10.1. The van der Waals surface area contributed by atoms with Crippen LogP contribution in [0.2, 0.25) is 10.0 Å². The van der Waals surface area contributed by atoms with Crippen LogP contribution < -0.4 is 5.73 Å². The Morgan fingerprint density at radius 1 is 1.30 bits per heavy atom. The average Bonchev–Trinajstić information content (AvgIpc) is 2.96. The van der Waals surface area contributed by atoms with E-state index in [1.807, 2.05) is 6.92 Å². The smallest absolute Gasteiger partial charge is 0.270 e. The number of anilines is 1. The van der Waals surface area contributed by atoms with Crippen LogP contribution in [-0.4, -0.2) is 20.1 Å². The van der Waals surface area contributed by atoms with Gasteiger partial charge in [-0.15, -0.1) is 0 Å². The molecule has 20 heavy (non-hydrogen) atoms. The lowest BCUT2D eigenvalue weighted by atomic mass is 10.3. The van der Waals surface area contributed by atoms with Crippen molar-refractivity contribution < 1.29 is 4.52 Å². The number of hydrogen-bond acceptors (Lipinski definition) is 7. The molecule has 0 aliphatic carbocycles. The Labute approximate surface area is 127 Å². The van der Waals surface area contributed by atoms with Gasteiger partial charge in [-0.2, -0.15) is 4.98 Å². The highest BCUT2D eigenvalue weighted by atomic mass is 35.5. The fourth-order valence-electron chi connectivity index (χ4n) is 1.61. The molecule has 0 aromatic carbocycles. The molecular formula is C11H7Cl2N5OS. The normalized spacial score (nSPS) is 10.9. The predicted molar refractivity (Wildman–Crippen MR) is 77.8 cm³/mol. The molecule has 3 heterocycles. The molecule has 0 saturated carbocycles. The van der Waals surface area contributed by atoms with E-state index in [0.717, 1.165) is 10.6 Å². The number of nitrogens with zero attached hydrogens (tertiary/aromatic N) is 4. The fourth-order valence-corrected chi connectivity index (χ4v) is 2.83. The molecule has 3 rings (SSSR count). The molecule has 0 bridgehead atoms. The number of thiazole rings is 1. The third-order valence-electron chi connectivity index (χ3n) is 2.45. The van der Waals surface area contributed by atoms with Crippen molar-refractivity contribution >= 4 is 39.7 Å². The Bertz CT molecular complexity index is 785. The lowest BCUT2D eigenvalue weighted by Crippen LogP contribution is -1.87.